The Morgan fingerprint density at radius 1 is 1.39 bits per heavy atom. The van der Waals surface area contributed by atoms with Crippen LogP contribution in [0.5, 0.6) is 0 Å². The van der Waals surface area contributed by atoms with E-state index in [0.29, 0.717) is 6.54 Å². The van der Waals surface area contributed by atoms with Crippen molar-refractivity contribution in [3.8, 4) is 5.69 Å². The first-order chi connectivity index (χ1) is 11.1. The average Bonchev–Trinajstić information content (AvgIpc) is 3.03. The number of hydrogen-bond donors (Lipinski definition) is 2. The van der Waals surface area contributed by atoms with Gasteiger partial charge in [-0.1, -0.05) is 32.0 Å². The molecule has 0 saturated heterocycles. The number of carbonyl (C=O) groups excluding carboxylic acids is 1. The predicted molar refractivity (Wildman–Crippen MR) is 89.5 cm³/mol. The Balaban J connectivity index is 1.90. The van der Waals surface area contributed by atoms with Crippen molar-refractivity contribution in [1.82, 2.24) is 15.1 Å². The summed E-state index contributed by atoms with van der Waals surface area (Å²) in [6.07, 6.45) is 6.55. The van der Waals surface area contributed by atoms with Gasteiger partial charge in [0.15, 0.2) is 0 Å². The zero-order chi connectivity index (χ0) is 16.7. The van der Waals surface area contributed by atoms with E-state index in [1.165, 1.54) is 6.08 Å². The van der Waals surface area contributed by atoms with E-state index >= 15 is 0 Å². The van der Waals surface area contributed by atoms with E-state index < -0.39 is 0 Å². The minimum atomic E-state index is -0.201. The second kappa shape index (κ2) is 8.26. The number of para-hydroxylation sites is 1. The standard InChI is InChI=1S/C17H22N4O2/c1-13(2)16(23-18)11-19-17(22)9-8-14-10-20-21(12-14)15-6-4-3-5-7-15/h3-10,12-13,16H,11,18H2,1-2H3,(H,19,22). The first kappa shape index (κ1) is 16.9. The van der Waals surface area contributed by atoms with Gasteiger partial charge in [0.25, 0.3) is 0 Å². The molecular formula is C17H22N4O2. The molecule has 6 heteroatoms. The Kier molecular flexibility index (Phi) is 6.08. The van der Waals surface area contributed by atoms with Crippen LogP contribution in [0.25, 0.3) is 11.8 Å². The van der Waals surface area contributed by atoms with Crippen LogP contribution in [0.15, 0.2) is 48.8 Å². The minimum absolute atomic E-state index is 0.194. The molecule has 1 aromatic heterocycles. The smallest absolute Gasteiger partial charge is 0.244 e. The van der Waals surface area contributed by atoms with Gasteiger partial charge in [0.1, 0.15) is 0 Å². The van der Waals surface area contributed by atoms with E-state index in [1.54, 1.807) is 17.0 Å². The summed E-state index contributed by atoms with van der Waals surface area (Å²) in [5, 5.41) is 7.04. The molecule has 0 bridgehead atoms. The molecule has 6 nitrogen and oxygen atoms in total. The van der Waals surface area contributed by atoms with E-state index in [0.717, 1.165) is 11.3 Å². The fourth-order valence-corrected chi connectivity index (χ4v) is 2.02. The van der Waals surface area contributed by atoms with Gasteiger partial charge in [-0.2, -0.15) is 5.10 Å². The van der Waals surface area contributed by atoms with Gasteiger partial charge in [0.2, 0.25) is 5.91 Å². The molecule has 3 N–H and O–H groups in total. The molecule has 122 valence electrons. The Morgan fingerprint density at radius 3 is 2.78 bits per heavy atom. The second-order valence-electron chi connectivity index (χ2n) is 5.55. The van der Waals surface area contributed by atoms with Crippen LogP contribution in [0.3, 0.4) is 0 Å². The molecule has 1 heterocycles. The topological polar surface area (TPSA) is 82.2 Å². The van der Waals surface area contributed by atoms with Gasteiger partial charge in [-0.15, -0.1) is 0 Å². The monoisotopic (exact) mass is 314 g/mol. The lowest BCUT2D eigenvalue weighted by Crippen LogP contribution is -2.37. The van der Waals surface area contributed by atoms with Crippen LogP contribution in [-0.2, 0) is 9.63 Å². The molecule has 0 aliphatic carbocycles. The Morgan fingerprint density at radius 2 is 2.13 bits per heavy atom. The van der Waals surface area contributed by atoms with Crippen LogP contribution < -0.4 is 11.2 Å². The van der Waals surface area contributed by atoms with Gasteiger partial charge < -0.3 is 5.32 Å². The first-order valence-corrected chi connectivity index (χ1v) is 7.51. The molecule has 0 spiro atoms. The van der Waals surface area contributed by atoms with Crippen molar-refractivity contribution in [2.75, 3.05) is 6.54 Å². The minimum Gasteiger partial charge on any atom is -0.350 e. The van der Waals surface area contributed by atoms with Crippen LogP contribution in [0, 0.1) is 5.92 Å². The molecule has 0 saturated carbocycles. The summed E-state index contributed by atoms with van der Waals surface area (Å²) in [6.45, 7) is 4.34. The Hall–Kier alpha value is -2.44. The molecule has 2 aromatic rings. The first-order valence-electron chi connectivity index (χ1n) is 7.51. The highest BCUT2D eigenvalue weighted by Crippen LogP contribution is 2.08. The molecule has 1 atom stereocenters. The summed E-state index contributed by atoms with van der Waals surface area (Å²) in [7, 11) is 0. The molecule has 0 aliphatic rings. The van der Waals surface area contributed by atoms with E-state index in [9.17, 15) is 4.79 Å². The molecule has 23 heavy (non-hydrogen) atoms. The molecule has 0 radical (unpaired) electrons. The Bertz CT molecular complexity index is 650. The van der Waals surface area contributed by atoms with E-state index in [1.807, 2.05) is 50.4 Å². The number of hydrogen-bond acceptors (Lipinski definition) is 4. The Labute approximate surface area is 135 Å². The van der Waals surface area contributed by atoms with E-state index in [4.69, 9.17) is 10.7 Å². The van der Waals surface area contributed by atoms with Crippen molar-refractivity contribution in [3.63, 3.8) is 0 Å². The molecule has 2 rings (SSSR count). The van der Waals surface area contributed by atoms with Crippen LogP contribution in [0.2, 0.25) is 0 Å². The molecule has 1 aromatic carbocycles. The van der Waals surface area contributed by atoms with Gasteiger partial charge in [0, 0.05) is 24.4 Å². The van der Waals surface area contributed by atoms with Crippen molar-refractivity contribution in [2.45, 2.75) is 20.0 Å². The van der Waals surface area contributed by atoms with E-state index in [-0.39, 0.29) is 17.9 Å². The van der Waals surface area contributed by atoms with Crippen LogP contribution in [0.4, 0.5) is 0 Å². The third-order valence-corrected chi connectivity index (χ3v) is 3.45. The van der Waals surface area contributed by atoms with Crippen molar-refractivity contribution in [3.05, 3.63) is 54.4 Å². The maximum atomic E-state index is 11.8. The summed E-state index contributed by atoms with van der Waals surface area (Å²) in [5.74, 6) is 5.24. The molecule has 0 fully saturated rings. The second-order valence-corrected chi connectivity index (χ2v) is 5.55. The number of amides is 1. The number of nitrogens with zero attached hydrogens (tertiary/aromatic N) is 2. The van der Waals surface area contributed by atoms with E-state index in [2.05, 4.69) is 10.4 Å². The fourth-order valence-electron chi connectivity index (χ4n) is 2.02. The summed E-state index contributed by atoms with van der Waals surface area (Å²) >= 11 is 0. The quantitative estimate of drug-likeness (QED) is 0.604. The normalized spacial score (nSPS) is 12.7. The number of aromatic nitrogens is 2. The summed E-state index contributed by atoms with van der Waals surface area (Å²) in [6, 6.07) is 9.78. The summed E-state index contributed by atoms with van der Waals surface area (Å²) in [5.41, 5.74) is 1.82. The number of nitrogens with two attached hydrogens (primary N) is 1. The third-order valence-electron chi connectivity index (χ3n) is 3.45. The largest absolute Gasteiger partial charge is 0.350 e. The summed E-state index contributed by atoms with van der Waals surface area (Å²) in [4.78, 5) is 16.6. The molecule has 0 aliphatic heterocycles. The SMILES string of the molecule is CC(C)C(CNC(=O)C=Cc1cnn(-c2ccccc2)c1)ON. The number of rotatable bonds is 7. The lowest BCUT2D eigenvalue weighted by Gasteiger charge is -2.17. The van der Waals surface area contributed by atoms with Gasteiger partial charge in [-0.3, -0.25) is 9.63 Å². The van der Waals surface area contributed by atoms with Crippen molar-refractivity contribution in [1.29, 1.82) is 0 Å². The lowest BCUT2D eigenvalue weighted by atomic mass is 10.1. The molecule has 1 amide bonds. The number of nitrogens with one attached hydrogen (secondary N) is 1. The highest BCUT2D eigenvalue weighted by Gasteiger charge is 2.13. The number of benzene rings is 1. The average molecular weight is 314 g/mol. The van der Waals surface area contributed by atoms with Gasteiger partial charge in [-0.25, -0.2) is 10.6 Å². The zero-order valence-corrected chi connectivity index (χ0v) is 13.3. The predicted octanol–water partition coefficient (Wildman–Crippen LogP) is 1.92. The third kappa shape index (κ3) is 5.05. The lowest BCUT2D eigenvalue weighted by molar-refractivity contribution is -0.117. The fraction of sp³-hybridized carbons (Fsp3) is 0.294. The van der Waals surface area contributed by atoms with Gasteiger partial charge in [0.05, 0.1) is 18.0 Å². The highest BCUT2D eigenvalue weighted by atomic mass is 16.6. The maximum Gasteiger partial charge on any atom is 0.244 e. The molecular weight excluding hydrogens is 292 g/mol. The maximum absolute atomic E-state index is 11.8. The van der Waals surface area contributed by atoms with Crippen LogP contribution in [-0.4, -0.2) is 28.3 Å². The molecule has 1 unspecified atom stereocenters. The van der Waals surface area contributed by atoms with Crippen molar-refractivity contribution in [2.24, 2.45) is 11.8 Å². The zero-order valence-electron chi connectivity index (χ0n) is 13.3. The summed E-state index contributed by atoms with van der Waals surface area (Å²) < 4.78 is 1.76. The van der Waals surface area contributed by atoms with Crippen molar-refractivity contribution < 1.29 is 9.63 Å². The van der Waals surface area contributed by atoms with Gasteiger partial charge >= 0.3 is 0 Å². The highest BCUT2D eigenvalue weighted by molar-refractivity contribution is 5.91. The van der Waals surface area contributed by atoms with Crippen molar-refractivity contribution >= 4 is 12.0 Å². The number of carbonyl (C=O) groups is 1. The van der Waals surface area contributed by atoms with Crippen LogP contribution in [0.1, 0.15) is 19.4 Å². The van der Waals surface area contributed by atoms with Crippen LogP contribution >= 0.6 is 0 Å². The van der Waals surface area contributed by atoms with Gasteiger partial charge in [-0.05, 0) is 24.1 Å².